The molecule has 2 fully saturated rings. The molecule has 18 heavy (non-hydrogen) atoms. The van der Waals surface area contributed by atoms with Crippen molar-refractivity contribution in [2.75, 3.05) is 5.75 Å². The molecule has 1 heteroatoms. The summed E-state index contributed by atoms with van der Waals surface area (Å²) in [6.45, 7) is 0. The monoisotopic (exact) mass is 268 g/mol. The Morgan fingerprint density at radius 1 is 0.611 bits per heavy atom. The molecule has 0 saturated heterocycles. The lowest BCUT2D eigenvalue weighted by Crippen LogP contribution is -2.15. The predicted octanol–water partition coefficient (Wildman–Crippen LogP) is 5.86. The fourth-order valence-corrected chi connectivity index (χ4v) is 4.65. The van der Waals surface area contributed by atoms with Crippen molar-refractivity contribution < 1.29 is 0 Å². The van der Waals surface area contributed by atoms with Gasteiger partial charge in [-0.05, 0) is 36.3 Å². The third-order valence-electron chi connectivity index (χ3n) is 5.38. The first-order valence-corrected chi connectivity index (χ1v) is 9.12. The Kier molecular flexibility index (Phi) is 6.97. The van der Waals surface area contributed by atoms with Gasteiger partial charge in [0.2, 0.25) is 0 Å². The van der Waals surface area contributed by atoms with Crippen LogP contribution in [0.2, 0.25) is 0 Å². The van der Waals surface area contributed by atoms with Crippen molar-refractivity contribution in [2.24, 2.45) is 17.8 Å². The van der Waals surface area contributed by atoms with Crippen LogP contribution < -0.4 is 0 Å². The van der Waals surface area contributed by atoms with Crippen molar-refractivity contribution in [2.45, 2.75) is 83.5 Å². The maximum absolute atomic E-state index is 4.40. The number of rotatable bonds is 4. The van der Waals surface area contributed by atoms with Gasteiger partial charge in [-0.3, -0.25) is 0 Å². The molecule has 0 heterocycles. The van der Waals surface area contributed by atoms with Crippen molar-refractivity contribution in [3.63, 3.8) is 0 Å². The van der Waals surface area contributed by atoms with Gasteiger partial charge in [0, 0.05) is 0 Å². The van der Waals surface area contributed by atoms with Gasteiger partial charge in [-0.25, -0.2) is 0 Å². The van der Waals surface area contributed by atoms with Gasteiger partial charge in [0.15, 0.2) is 0 Å². The van der Waals surface area contributed by atoms with Crippen LogP contribution in [0.4, 0.5) is 0 Å². The zero-order chi connectivity index (χ0) is 12.6. The molecule has 0 spiro atoms. The Hall–Kier alpha value is 0.350. The first kappa shape index (κ1) is 14.8. The quantitative estimate of drug-likeness (QED) is 0.606. The third kappa shape index (κ3) is 5.15. The largest absolute Gasteiger partial charge is 0.179 e. The molecule has 2 aliphatic carbocycles. The van der Waals surface area contributed by atoms with Crippen LogP contribution in [0.25, 0.3) is 0 Å². The molecular weight excluding hydrogens is 236 g/mol. The molecule has 106 valence electrons. The molecule has 2 rings (SSSR count). The van der Waals surface area contributed by atoms with E-state index in [4.69, 9.17) is 0 Å². The van der Waals surface area contributed by atoms with E-state index in [2.05, 4.69) is 12.6 Å². The van der Waals surface area contributed by atoms with E-state index in [0.29, 0.717) is 0 Å². The normalized spacial score (nSPS) is 31.8. The van der Waals surface area contributed by atoms with Gasteiger partial charge in [-0.1, -0.05) is 70.6 Å². The minimum absolute atomic E-state index is 0.998. The Morgan fingerprint density at radius 2 is 1.11 bits per heavy atom. The topological polar surface area (TPSA) is 0 Å². The van der Waals surface area contributed by atoms with Gasteiger partial charge < -0.3 is 0 Å². The average molecular weight is 269 g/mol. The van der Waals surface area contributed by atoms with Gasteiger partial charge in [0.05, 0.1) is 0 Å². The molecule has 2 saturated carbocycles. The lowest BCUT2D eigenvalue weighted by Gasteiger charge is -2.29. The van der Waals surface area contributed by atoms with Gasteiger partial charge in [-0.2, -0.15) is 12.6 Å². The zero-order valence-electron chi connectivity index (χ0n) is 12.1. The van der Waals surface area contributed by atoms with Crippen LogP contribution in [0.5, 0.6) is 0 Å². The zero-order valence-corrected chi connectivity index (χ0v) is 13.0. The van der Waals surface area contributed by atoms with Crippen molar-refractivity contribution in [3.8, 4) is 0 Å². The molecule has 0 nitrogen and oxygen atoms in total. The van der Waals surface area contributed by atoms with Crippen LogP contribution in [-0.4, -0.2) is 5.75 Å². The number of hydrogen-bond acceptors (Lipinski definition) is 1. The predicted molar refractivity (Wildman–Crippen MR) is 84.3 cm³/mol. The Balaban J connectivity index is 1.68. The van der Waals surface area contributed by atoms with Crippen molar-refractivity contribution in [1.29, 1.82) is 0 Å². The molecule has 0 aromatic heterocycles. The van der Waals surface area contributed by atoms with E-state index in [1.165, 1.54) is 64.2 Å². The number of thiol groups is 1. The lowest BCUT2D eigenvalue weighted by molar-refractivity contribution is 0.239. The summed E-state index contributed by atoms with van der Waals surface area (Å²) >= 11 is 4.40. The summed E-state index contributed by atoms with van der Waals surface area (Å²) in [4.78, 5) is 0. The summed E-state index contributed by atoms with van der Waals surface area (Å²) in [5.74, 6) is 4.26. The first-order chi connectivity index (χ1) is 8.88. The molecule has 0 atom stereocenters. The molecule has 0 unspecified atom stereocenters. The van der Waals surface area contributed by atoms with Crippen LogP contribution in [0, 0.1) is 17.8 Å². The molecule has 0 amide bonds. The first-order valence-electron chi connectivity index (χ1n) is 8.49. The maximum atomic E-state index is 4.40. The van der Waals surface area contributed by atoms with Gasteiger partial charge in [-0.15, -0.1) is 0 Å². The van der Waals surface area contributed by atoms with Crippen molar-refractivity contribution in [3.05, 3.63) is 0 Å². The van der Waals surface area contributed by atoms with E-state index in [0.717, 1.165) is 23.5 Å². The summed E-state index contributed by atoms with van der Waals surface area (Å²) in [6.07, 6.45) is 19.6. The second kappa shape index (κ2) is 8.51. The molecule has 0 radical (unpaired) electrons. The second-order valence-electron chi connectivity index (χ2n) is 6.85. The average Bonchev–Trinajstić information content (AvgIpc) is 2.36. The highest BCUT2D eigenvalue weighted by atomic mass is 32.1. The minimum Gasteiger partial charge on any atom is -0.179 e. The van der Waals surface area contributed by atoms with Crippen LogP contribution >= 0.6 is 12.6 Å². The standard InChI is InChI=1S/C17H32S/c18-13-12-15-8-4-10-17(11-5-9-15)14-16-6-2-1-3-7-16/h15-18H,1-14H2. The van der Waals surface area contributed by atoms with Crippen LogP contribution in [0.15, 0.2) is 0 Å². The number of hydrogen-bond donors (Lipinski definition) is 1. The van der Waals surface area contributed by atoms with Gasteiger partial charge in [0.1, 0.15) is 0 Å². The molecular formula is C17H32S. The van der Waals surface area contributed by atoms with E-state index < -0.39 is 0 Å². The fraction of sp³-hybridized carbons (Fsp3) is 1.00. The van der Waals surface area contributed by atoms with E-state index in [1.54, 1.807) is 19.3 Å². The molecule has 0 bridgehead atoms. The molecule has 2 aliphatic rings. The SMILES string of the molecule is SCCC1CCCC(CC2CCCCC2)CCC1. The smallest absolute Gasteiger partial charge is 0.00953 e. The highest BCUT2D eigenvalue weighted by Crippen LogP contribution is 2.35. The van der Waals surface area contributed by atoms with Crippen LogP contribution in [0.3, 0.4) is 0 Å². The summed E-state index contributed by atoms with van der Waals surface area (Å²) in [6, 6.07) is 0. The van der Waals surface area contributed by atoms with Crippen molar-refractivity contribution >= 4 is 12.6 Å². The van der Waals surface area contributed by atoms with Crippen LogP contribution in [0.1, 0.15) is 83.5 Å². The maximum Gasteiger partial charge on any atom is -0.00953 e. The summed E-state index contributed by atoms with van der Waals surface area (Å²) in [5.41, 5.74) is 0. The Morgan fingerprint density at radius 3 is 1.67 bits per heavy atom. The van der Waals surface area contributed by atoms with Crippen LogP contribution in [-0.2, 0) is 0 Å². The highest BCUT2D eigenvalue weighted by Gasteiger charge is 2.21. The van der Waals surface area contributed by atoms with Crippen molar-refractivity contribution in [1.82, 2.24) is 0 Å². The lowest BCUT2D eigenvalue weighted by atomic mass is 9.77. The van der Waals surface area contributed by atoms with E-state index >= 15 is 0 Å². The third-order valence-corrected chi connectivity index (χ3v) is 5.64. The summed E-state index contributed by atoms with van der Waals surface area (Å²) in [7, 11) is 0. The Labute approximate surface area is 120 Å². The van der Waals surface area contributed by atoms with E-state index in [9.17, 15) is 0 Å². The van der Waals surface area contributed by atoms with Gasteiger partial charge in [0.25, 0.3) is 0 Å². The summed E-state index contributed by atoms with van der Waals surface area (Å²) < 4.78 is 0. The van der Waals surface area contributed by atoms with Gasteiger partial charge >= 0.3 is 0 Å². The second-order valence-corrected chi connectivity index (χ2v) is 7.29. The molecule has 0 aromatic rings. The molecule has 0 aliphatic heterocycles. The molecule has 0 N–H and O–H groups in total. The molecule has 0 aromatic carbocycles. The Bertz CT molecular complexity index is 198. The minimum atomic E-state index is 0.998. The van der Waals surface area contributed by atoms with E-state index in [1.807, 2.05) is 0 Å². The fourth-order valence-electron chi connectivity index (χ4n) is 4.28. The van der Waals surface area contributed by atoms with E-state index in [-0.39, 0.29) is 0 Å². The highest BCUT2D eigenvalue weighted by molar-refractivity contribution is 7.80. The summed E-state index contributed by atoms with van der Waals surface area (Å²) in [5, 5.41) is 0.